The minimum atomic E-state index is -4.65. The second-order valence-corrected chi connectivity index (χ2v) is 13.4. The van der Waals surface area contributed by atoms with Gasteiger partial charge in [-0.1, -0.05) is 133 Å². The van der Waals surface area contributed by atoms with E-state index in [1.54, 1.807) is 60.7 Å². The summed E-state index contributed by atoms with van der Waals surface area (Å²) in [7, 11) is -4.10. The average Bonchev–Trinajstić information content (AvgIpc) is 3.11. The summed E-state index contributed by atoms with van der Waals surface area (Å²) in [5.41, 5.74) is 4.16. The molecule has 6 aromatic rings. The molecule has 0 heterocycles. The number of anilines is 1. The lowest BCUT2D eigenvalue weighted by atomic mass is 9.93. The molecule has 0 aliphatic carbocycles. The van der Waals surface area contributed by atoms with Crippen LogP contribution in [0.3, 0.4) is 0 Å². The SMILES string of the molecule is O=S(=O)(Cc1cc(-c2ccccc2)cc(-c2ccccc2)c1)N[C@H](c1ccccc1)[C@H](Nc1cc(C(F)(F)F)ccc1O)c1ccccc1. The van der Waals surface area contributed by atoms with Gasteiger partial charge >= 0.3 is 6.18 Å². The molecule has 0 aliphatic rings. The van der Waals surface area contributed by atoms with Crippen LogP contribution in [-0.2, 0) is 22.0 Å². The van der Waals surface area contributed by atoms with Gasteiger partial charge in [-0.05, 0) is 63.2 Å². The van der Waals surface area contributed by atoms with Crippen molar-refractivity contribution in [3.8, 4) is 28.0 Å². The molecule has 2 atom stereocenters. The molecule has 0 saturated carbocycles. The maximum Gasteiger partial charge on any atom is 0.416 e. The van der Waals surface area contributed by atoms with Gasteiger partial charge in [0, 0.05) is 0 Å². The molecule has 49 heavy (non-hydrogen) atoms. The second-order valence-electron chi connectivity index (χ2n) is 11.7. The number of hydrogen-bond acceptors (Lipinski definition) is 4. The minimum Gasteiger partial charge on any atom is -0.506 e. The zero-order valence-electron chi connectivity index (χ0n) is 26.2. The van der Waals surface area contributed by atoms with E-state index in [-0.39, 0.29) is 11.4 Å². The number of rotatable bonds is 11. The van der Waals surface area contributed by atoms with Crippen LogP contribution in [0, 0.1) is 0 Å². The topological polar surface area (TPSA) is 78.4 Å². The third-order valence-corrected chi connectivity index (χ3v) is 9.48. The Morgan fingerprint density at radius 3 is 1.53 bits per heavy atom. The molecule has 9 heteroatoms. The molecule has 5 nitrogen and oxygen atoms in total. The van der Waals surface area contributed by atoms with Crippen LogP contribution in [0.1, 0.15) is 34.3 Å². The minimum absolute atomic E-state index is 0.188. The van der Waals surface area contributed by atoms with Gasteiger partial charge in [0.05, 0.1) is 29.1 Å². The third-order valence-electron chi connectivity index (χ3n) is 8.16. The predicted molar refractivity (Wildman–Crippen MR) is 188 cm³/mol. The van der Waals surface area contributed by atoms with Crippen molar-refractivity contribution < 1.29 is 26.7 Å². The molecule has 0 radical (unpaired) electrons. The number of aromatic hydroxyl groups is 1. The number of phenolic OH excluding ortho intramolecular Hbond substituents is 1. The Morgan fingerprint density at radius 1 is 0.571 bits per heavy atom. The second kappa shape index (κ2) is 14.4. The van der Waals surface area contributed by atoms with E-state index in [9.17, 15) is 26.7 Å². The fourth-order valence-electron chi connectivity index (χ4n) is 5.83. The van der Waals surface area contributed by atoms with E-state index in [1.165, 1.54) is 0 Å². The number of phenols is 1. The number of benzene rings is 6. The van der Waals surface area contributed by atoms with Gasteiger partial charge in [-0.2, -0.15) is 13.2 Å². The number of halogens is 3. The largest absolute Gasteiger partial charge is 0.506 e. The number of nitrogens with one attached hydrogen (secondary N) is 2. The Hall–Kier alpha value is -5.38. The van der Waals surface area contributed by atoms with E-state index in [1.807, 2.05) is 78.9 Å². The lowest BCUT2D eigenvalue weighted by molar-refractivity contribution is -0.137. The van der Waals surface area contributed by atoms with Crippen LogP contribution in [0.25, 0.3) is 22.3 Å². The van der Waals surface area contributed by atoms with Crippen LogP contribution >= 0.6 is 0 Å². The molecule has 248 valence electrons. The van der Waals surface area contributed by atoms with Crippen molar-refractivity contribution in [2.24, 2.45) is 0 Å². The first-order valence-electron chi connectivity index (χ1n) is 15.6. The lowest BCUT2D eigenvalue weighted by Gasteiger charge is -2.31. The number of hydrogen-bond donors (Lipinski definition) is 3. The van der Waals surface area contributed by atoms with Crippen LogP contribution in [0.2, 0.25) is 0 Å². The third kappa shape index (κ3) is 8.38. The van der Waals surface area contributed by atoms with Gasteiger partial charge in [0.2, 0.25) is 10.0 Å². The molecule has 6 aromatic carbocycles. The first-order chi connectivity index (χ1) is 23.6. The van der Waals surface area contributed by atoms with Gasteiger partial charge in [0.25, 0.3) is 0 Å². The first-order valence-corrected chi connectivity index (χ1v) is 17.2. The van der Waals surface area contributed by atoms with Gasteiger partial charge in [0.1, 0.15) is 5.75 Å². The van der Waals surface area contributed by atoms with Crippen LogP contribution in [0.4, 0.5) is 18.9 Å². The van der Waals surface area contributed by atoms with E-state index in [4.69, 9.17) is 0 Å². The van der Waals surface area contributed by atoms with Crippen LogP contribution in [0.5, 0.6) is 5.75 Å². The number of sulfonamides is 1. The van der Waals surface area contributed by atoms with Crippen molar-refractivity contribution >= 4 is 15.7 Å². The Balaban J connectivity index is 1.41. The Morgan fingerprint density at radius 2 is 1.04 bits per heavy atom. The fourth-order valence-corrected chi connectivity index (χ4v) is 7.18. The normalized spacial score (nSPS) is 13.0. The zero-order chi connectivity index (χ0) is 34.4. The Labute approximate surface area is 283 Å². The van der Waals surface area contributed by atoms with Crippen LogP contribution < -0.4 is 10.0 Å². The summed E-state index contributed by atoms with van der Waals surface area (Å²) in [6.45, 7) is 0. The summed E-state index contributed by atoms with van der Waals surface area (Å²) in [4.78, 5) is 0. The van der Waals surface area contributed by atoms with Gasteiger partial charge in [-0.3, -0.25) is 0 Å². The molecule has 0 amide bonds. The van der Waals surface area contributed by atoms with Crippen molar-refractivity contribution in [2.45, 2.75) is 24.0 Å². The highest BCUT2D eigenvalue weighted by Crippen LogP contribution is 2.39. The van der Waals surface area contributed by atoms with E-state index in [2.05, 4.69) is 10.0 Å². The van der Waals surface area contributed by atoms with Gasteiger partial charge in [-0.25, -0.2) is 13.1 Å². The highest BCUT2D eigenvalue weighted by Gasteiger charge is 2.33. The summed E-state index contributed by atoms with van der Waals surface area (Å²) >= 11 is 0. The highest BCUT2D eigenvalue weighted by atomic mass is 32.2. The molecule has 0 aromatic heterocycles. The maximum absolute atomic E-state index is 14.2. The number of alkyl halides is 3. The molecular formula is C40H33F3N2O3S. The predicted octanol–water partition coefficient (Wildman–Crippen LogP) is 9.76. The summed E-state index contributed by atoms with van der Waals surface area (Å²) in [5, 5.41) is 13.7. The van der Waals surface area contributed by atoms with E-state index in [0.717, 1.165) is 40.5 Å². The smallest absolute Gasteiger partial charge is 0.416 e. The molecule has 3 N–H and O–H groups in total. The fraction of sp³-hybridized carbons (Fsp3) is 0.100. The highest BCUT2D eigenvalue weighted by molar-refractivity contribution is 7.88. The van der Waals surface area contributed by atoms with Crippen molar-refractivity contribution in [1.82, 2.24) is 4.72 Å². The van der Waals surface area contributed by atoms with E-state index < -0.39 is 39.6 Å². The van der Waals surface area contributed by atoms with E-state index >= 15 is 0 Å². The van der Waals surface area contributed by atoms with Gasteiger partial charge < -0.3 is 10.4 Å². The van der Waals surface area contributed by atoms with Gasteiger partial charge in [0.15, 0.2) is 0 Å². The summed E-state index contributed by atoms with van der Waals surface area (Å²) in [6, 6.07) is 43.4. The molecule has 0 bridgehead atoms. The molecule has 0 fully saturated rings. The zero-order valence-corrected chi connectivity index (χ0v) is 27.0. The summed E-state index contributed by atoms with van der Waals surface area (Å²) < 4.78 is 72.3. The molecule has 0 spiro atoms. The van der Waals surface area contributed by atoms with Gasteiger partial charge in [-0.15, -0.1) is 0 Å². The van der Waals surface area contributed by atoms with Crippen molar-refractivity contribution in [3.63, 3.8) is 0 Å². The van der Waals surface area contributed by atoms with Crippen LogP contribution in [0.15, 0.2) is 158 Å². The lowest BCUT2D eigenvalue weighted by Crippen LogP contribution is -2.36. The summed E-state index contributed by atoms with van der Waals surface area (Å²) in [5.74, 6) is -0.776. The van der Waals surface area contributed by atoms with Crippen molar-refractivity contribution in [1.29, 1.82) is 0 Å². The molecule has 0 aliphatic heterocycles. The first kappa shape index (κ1) is 33.5. The molecule has 0 saturated heterocycles. The molecular weight excluding hydrogens is 646 g/mol. The Bertz CT molecular complexity index is 2050. The Kier molecular flexibility index (Phi) is 9.85. The molecule has 6 rings (SSSR count). The molecule has 0 unspecified atom stereocenters. The summed E-state index contributed by atoms with van der Waals surface area (Å²) in [6.07, 6.45) is -4.65. The monoisotopic (exact) mass is 678 g/mol. The van der Waals surface area contributed by atoms with Crippen molar-refractivity contribution in [3.05, 3.63) is 180 Å². The average molecular weight is 679 g/mol. The quantitative estimate of drug-likeness (QED) is 0.119. The maximum atomic E-state index is 14.2. The van der Waals surface area contributed by atoms with E-state index in [0.29, 0.717) is 16.7 Å². The van der Waals surface area contributed by atoms with Crippen molar-refractivity contribution in [2.75, 3.05) is 5.32 Å². The van der Waals surface area contributed by atoms with Crippen LogP contribution in [-0.4, -0.2) is 13.5 Å². The standard InChI is InChI=1S/C40H33F3N2O3S/c41-40(42,43)35-21-22-37(46)36(26-35)44-38(31-17-9-3-10-18-31)39(32-19-11-4-12-20-32)45-49(47,48)27-28-23-33(29-13-5-1-6-14-29)25-34(24-28)30-15-7-2-8-16-30/h1-26,38-39,44-46H,27H2/t38-,39-/m1/s1.